The molecule has 3 heterocycles. The van der Waals surface area contributed by atoms with Crippen LogP contribution in [0, 0.1) is 11.8 Å². The maximum absolute atomic E-state index is 12.8. The Morgan fingerprint density at radius 1 is 1.31 bits per heavy atom. The molecule has 1 saturated heterocycles. The summed E-state index contributed by atoms with van der Waals surface area (Å²) >= 11 is 0. The van der Waals surface area contributed by atoms with Crippen molar-refractivity contribution >= 4 is 12.4 Å². The number of rotatable bonds is 4. The minimum Gasteiger partial charge on any atom is -0.483 e. The average Bonchev–Trinajstić information content (AvgIpc) is 3.41. The Morgan fingerprint density at radius 3 is 2.62 bits per heavy atom. The molecule has 2 aromatic heterocycles. The normalized spacial score (nSPS) is 26.0. The van der Waals surface area contributed by atoms with Gasteiger partial charge in [0, 0.05) is 31.5 Å². The minimum absolute atomic E-state index is 0.0537. The number of hydrogen-bond donors (Lipinski definition) is 2. The number of carbonyl (C=O) groups excluding carboxylic acids is 1. The number of amides is 1. The molecule has 4 rings (SSSR count). The van der Waals surface area contributed by atoms with Gasteiger partial charge in [0.2, 0.25) is 0 Å². The lowest BCUT2D eigenvalue weighted by Crippen LogP contribution is -2.46. The number of furan rings is 1. The number of carboxylic acid groups (broad SMARTS) is 1. The molecule has 9 nitrogen and oxygen atoms in total. The van der Waals surface area contributed by atoms with Crippen molar-refractivity contribution in [2.75, 3.05) is 27.2 Å². The van der Waals surface area contributed by atoms with Gasteiger partial charge in [-0.2, -0.15) is 5.10 Å². The van der Waals surface area contributed by atoms with Gasteiger partial charge in [-0.25, -0.2) is 0 Å². The highest BCUT2D eigenvalue weighted by Crippen LogP contribution is 2.38. The van der Waals surface area contributed by atoms with Gasteiger partial charge in [-0.05, 0) is 57.0 Å². The summed E-state index contributed by atoms with van der Waals surface area (Å²) in [6.45, 7) is 1.72. The summed E-state index contributed by atoms with van der Waals surface area (Å²) in [5, 5.41) is 21.4. The lowest BCUT2D eigenvalue weighted by atomic mass is 9.77. The van der Waals surface area contributed by atoms with Gasteiger partial charge in [0.1, 0.15) is 5.76 Å². The van der Waals surface area contributed by atoms with Crippen molar-refractivity contribution in [2.45, 2.75) is 31.5 Å². The third-order valence-corrected chi connectivity index (χ3v) is 5.81. The van der Waals surface area contributed by atoms with Crippen molar-refractivity contribution in [3.8, 4) is 0 Å². The first-order valence-electron chi connectivity index (χ1n) is 9.70. The van der Waals surface area contributed by atoms with Crippen LogP contribution in [0.15, 0.2) is 35.0 Å². The third-order valence-electron chi connectivity index (χ3n) is 5.81. The van der Waals surface area contributed by atoms with E-state index in [2.05, 4.69) is 10.00 Å². The van der Waals surface area contributed by atoms with Crippen LogP contribution in [0.4, 0.5) is 0 Å². The maximum Gasteiger partial charge on any atom is 0.290 e. The molecule has 4 atom stereocenters. The Hall–Kier alpha value is -2.65. The number of likely N-dealkylation sites (tertiary alicyclic amines) is 1. The number of aliphatic hydroxyl groups is 1. The van der Waals surface area contributed by atoms with Crippen molar-refractivity contribution in [1.82, 2.24) is 19.6 Å². The molecule has 2 fully saturated rings. The fraction of sp³-hybridized carbons (Fsp3) is 0.550. The number of aliphatic hydroxyl groups excluding tert-OH is 1. The highest BCUT2D eigenvalue weighted by molar-refractivity contribution is 5.91. The van der Waals surface area contributed by atoms with E-state index < -0.39 is 0 Å². The van der Waals surface area contributed by atoms with E-state index in [1.807, 2.05) is 37.3 Å². The SMILES string of the molecule is CN(C)[C@@H]1C[C@@H]2CN(C(=O)c3ccc(Cn4cccn4)o3)C[C@@H]2C[C@H]1O.O=CO. The van der Waals surface area contributed by atoms with E-state index >= 15 is 0 Å². The third kappa shape index (κ3) is 4.86. The van der Waals surface area contributed by atoms with E-state index in [1.54, 1.807) is 16.9 Å². The molecule has 29 heavy (non-hydrogen) atoms. The standard InChI is InChI=1S/C19H26N4O3.CH2O2/c1-21(2)16-8-13-10-22(11-14(13)9-17(16)24)19(25)18-5-4-15(26-18)12-23-7-3-6-20-23;2-1-3/h3-7,13-14,16-17,24H,8-12H2,1-2H3;1H,(H,2,3)/t13-,14+,16-,17-;/m1./s1. The van der Waals surface area contributed by atoms with Crippen molar-refractivity contribution < 1.29 is 24.2 Å². The van der Waals surface area contributed by atoms with Gasteiger partial charge in [0.15, 0.2) is 5.76 Å². The molecule has 0 radical (unpaired) electrons. The number of fused-ring (bicyclic) bond motifs is 1. The fourth-order valence-corrected chi connectivity index (χ4v) is 4.42. The van der Waals surface area contributed by atoms with Crippen molar-refractivity contribution in [1.29, 1.82) is 0 Å². The number of carbonyl (C=O) groups is 2. The summed E-state index contributed by atoms with van der Waals surface area (Å²) < 4.78 is 7.52. The zero-order valence-corrected chi connectivity index (χ0v) is 16.7. The zero-order chi connectivity index (χ0) is 21.0. The van der Waals surface area contributed by atoms with Crippen LogP contribution in [0.25, 0.3) is 0 Å². The van der Waals surface area contributed by atoms with Crippen molar-refractivity contribution in [2.24, 2.45) is 11.8 Å². The summed E-state index contributed by atoms with van der Waals surface area (Å²) in [5.74, 6) is 1.88. The van der Waals surface area contributed by atoms with Gasteiger partial charge in [-0.15, -0.1) is 0 Å². The smallest absolute Gasteiger partial charge is 0.290 e. The molecule has 158 valence electrons. The molecular weight excluding hydrogens is 376 g/mol. The highest BCUT2D eigenvalue weighted by Gasteiger charge is 2.44. The van der Waals surface area contributed by atoms with E-state index in [9.17, 15) is 9.90 Å². The Morgan fingerprint density at radius 2 is 2.00 bits per heavy atom. The first-order chi connectivity index (χ1) is 13.9. The molecule has 9 heteroatoms. The van der Waals surface area contributed by atoms with E-state index in [1.165, 1.54) is 0 Å². The molecule has 2 aliphatic rings. The van der Waals surface area contributed by atoms with E-state index in [4.69, 9.17) is 14.3 Å². The molecule has 1 aliphatic carbocycles. The van der Waals surface area contributed by atoms with E-state index in [0.717, 1.165) is 25.1 Å². The Bertz CT molecular complexity index is 804. The van der Waals surface area contributed by atoms with Crippen LogP contribution in [0.5, 0.6) is 0 Å². The second-order valence-corrected chi connectivity index (χ2v) is 7.88. The van der Waals surface area contributed by atoms with Crippen LogP contribution in [0.1, 0.15) is 29.2 Å². The lowest BCUT2D eigenvalue weighted by molar-refractivity contribution is -0.122. The predicted molar refractivity (Wildman–Crippen MR) is 104 cm³/mol. The monoisotopic (exact) mass is 404 g/mol. The zero-order valence-electron chi connectivity index (χ0n) is 16.7. The molecule has 0 unspecified atom stereocenters. The number of nitrogens with zero attached hydrogens (tertiary/aromatic N) is 4. The Balaban J connectivity index is 0.000000755. The Kier molecular flexibility index (Phi) is 6.71. The number of aromatic nitrogens is 2. The van der Waals surface area contributed by atoms with Crippen molar-refractivity contribution in [3.05, 3.63) is 42.1 Å². The molecular formula is C20H28N4O5. The highest BCUT2D eigenvalue weighted by atomic mass is 16.4. The van der Waals surface area contributed by atoms with E-state index in [-0.39, 0.29) is 24.5 Å². The van der Waals surface area contributed by atoms with Gasteiger partial charge in [0.25, 0.3) is 12.4 Å². The molecule has 2 N–H and O–H groups in total. The van der Waals surface area contributed by atoms with Crippen LogP contribution >= 0.6 is 0 Å². The van der Waals surface area contributed by atoms with Crippen LogP contribution in [-0.4, -0.2) is 81.5 Å². The molecule has 1 amide bonds. The summed E-state index contributed by atoms with van der Waals surface area (Å²) in [7, 11) is 4.02. The van der Waals surface area contributed by atoms with Gasteiger partial charge < -0.3 is 24.4 Å². The number of likely N-dealkylation sites (N-methyl/N-ethyl adjacent to an activating group) is 1. The predicted octanol–water partition coefficient (Wildman–Crippen LogP) is 0.998. The molecule has 0 aromatic carbocycles. The fourth-order valence-electron chi connectivity index (χ4n) is 4.42. The first-order valence-corrected chi connectivity index (χ1v) is 9.70. The second-order valence-electron chi connectivity index (χ2n) is 7.88. The van der Waals surface area contributed by atoms with Gasteiger partial charge in [-0.3, -0.25) is 14.3 Å². The van der Waals surface area contributed by atoms with Crippen LogP contribution in [0.2, 0.25) is 0 Å². The lowest BCUT2D eigenvalue weighted by Gasteiger charge is -2.38. The van der Waals surface area contributed by atoms with E-state index in [0.29, 0.717) is 30.7 Å². The molecule has 1 aliphatic heterocycles. The van der Waals surface area contributed by atoms with Crippen molar-refractivity contribution in [3.63, 3.8) is 0 Å². The molecule has 2 aromatic rings. The van der Waals surface area contributed by atoms with Gasteiger partial charge in [-0.1, -0.05) is 0 Å². The Labute approximate surface area is 169 Å². The average molecular weight is 404 g/mol. The largest absolute Gasteiger partial charge is 0.483 e. The second kappa shape index (κ2) is 9.23. The van der Waals surface area contributed by atoms with Crippen LogP contribution < -0.4 is 0 Å². The maximum atomic E-state index is 12.8. The minimum atomic E-state index is -0.314. The number of hydrogen-bond acceptors (Lipinski definition) is 6. The topological polar surface area (TPSA) is 112 Å². The van der Waals surface area contributed by atoms with Crippen LogP contribution in [-0.2, 0) is 11.3 Å². The molecule has 0 bridgehead atoms. The summed E-state index contributed by atoms with van der Waals surface area (Å²) in [5.41, 5.74) is 0. The quantitative estimate of drug-likeness (QED) is 0.731. The summed E-state index contributed by atoms with van der Waals surface area (Å²) in [6, 6.07) is 5.62. The first kappa shape index (κ1) is 21.1. The molecule has 0 spiro atoms. The van der Waals surface area contributed by atoms with Gasteiger partial charge in [0.05, 0.1) is 12.6 Å². The molecule has 1 saturated carbocycles. The van der Waals surface area contributed by atoms with Gasteiger partial charge >= 0.3 is 0 Å². The summed E-state index contributed by atoms with van der Waals surface area (Å²) in [4.78, 5) is 25.2. The van der Waals surface area contributed by atoms with Crippen LogP contribution in [0.3, 0.4) is 0 Å². The summed E-state index contributed by atoms with van der Waals surface area (Å²) in [6.07, 6.45) is 4.97.